The monoisotopic (exact) mass is 255 g/mol. The summed E-state index contributed by atoms with van der Waals surface area (Å²) in [6.45, 7) is 2.00. The normalized spacial score (nSPS) is 20.2. The molecule has 0 radical (unpaired) electrons. The molecule has 0 saturated carbocycles. The Morgan fingerprint density at radius 3 is 3.24 bits per heavy atom. The van der Waals surface area contributed by atoms with E-state index in [0.717, 1.165) is 29.2 Å². The Morgan fingerprint density at radius 1 is 1.65 bits per heavy atom. The minimum atomic E-state index is -0.00662. The van der Waals surface area contributed by atoms with Gasteiger partial charge in [0, 0.05) is 18.6 Å². The summed E-state index contributed by atoms with van der Waals surface area (Å²) in [6, 6.07) is 3.93. The molecule has 1 saturated heterocycles. The second-order valence-corrected chi connectivity index (χ2v) is 5.25. The van der Waals surface area contributed by atoms with Gasteiger partial charge < -0.3 is 14.8 Å². The molecule has 1 atom stereocenters. The summed E-state index contributed by atoms with van der Waals surface area (Å²) in [5, 5.41) is 3.00. The molecule has 0 bridgehead atoms. The molecule has 5 heteroatoms. The van der Waals surface area contributed by atoms with E-state index < -0.39 is 0 Å². The van der Waals surface area contributed by atoms with Gasteiger partial charge in [0.1, 0.15) is 0 Å². The first-order chi connectivity index (χ1) is 8.29. The van der Waals surface area contributed by atoms with Crippen molar-refractivity contribution in [1.82, 2.24) is 5.32 Å². The van der Waals surface area contributed by atoms with Crippen LogP contribution < -0.4 is 5.32 Å². The summed E-state index contributed by atoms with van der Waals surface area (Å²) in [5.41, 5.74) is 0. The quantitative estimate of drug-likeness (QED) is 0.892. The standard InChI is InChI=1S/C12H17NO3S/c1-15-8-10-4-5-11(17-10)12(14)13-9-3-2-6-16-7-9/h4-5,9H,2-3,6-8H2,1H3,(H,13,14)/t9-/m0/s1. The lowest BCUT2D eigenvalue weighted by atomic mass is 10.1. The first-order valence-corrected chi connectivity index (χ1v) is 6.57. The van der Waals surface area contributed by atoms with E-state index >= 15 is 0 Å². The summed E-state index contributed by atoms with van der Waals surface area (Å²) in [4.78, 5) is 13.7. The zero-order valence-corrected chi connectivity index (χ0v) is 10.7. The highest BCUT2D eigenvalue weighted by Gasteiger charge is 2.18. The van der Waals surface area contributed by atoms with Crippen LogP contribution in [-0.2, 0) is 16.1 Å². The van der Waals surface area contributed by atoms with Crippen molar-refractivity contribution in [2.24, 2.45) is 0 Å². The number of thiophene rings is 1. The third kappa shape index (κ3) is 3.52. The molecule has 94 valence electrons. The van der Waals surface area contributed by atoms with E-state index in [1.807, 2.05) is 12.1 Å². The maximum absolute atomic E-state index is 11.9. The van der Waals surface area contributed by atoms with E-state index in [-0.39, 0.29) is 11.9 Å². The molecule has 0 unspecified atom stereocenters. The van der Waals surface area contributed by atoms with Crippen LogP contribution in [-0.4, -0.2) is 32.3 Å². The second-order valence-electron chi connectivity index (χ2n) is 4.09. The third-order valence-electron chi connectivity index (χ3n) is 2.67. The summed E-state index contributed by atoms with van der Waals surface area (Å²) in [7, 11) is 1.65. The maximum Gasteiger partial charge on any atom is 0.261 e. The molecular formula is C12H17NO3S. The molecule has 1 amide bonds. The lowest BCUT2D eigenvalue weighted by Gasteiger charge is -2.22. The van der Waals surface area contributed by atoms with Gasteiger partial charge in [0.25, 0.3) is 5.91 Å². The van der Waals surface area contributed by atoms with E-state index in [4.69, 9.17) is 9.47 Å². The topological polar surface area (TPSA) is 47.6 Å². The molecule has 1 aliphatic heterocycles. The van der Waals surface area contributed by atoms with Gasteiger partial charge in [0.05, 0.1) is 24.1 Å². The van der Waals surface area contributed by atoms with Crippen molar-refractivity contribution in [3.63, 3.8) is 0 Å². The molecule has 2 rings (SSSR count). The Hall–Kier alpha value is -0.910. The molecule has 1 aromatic rings. The number of carbonyl (C=O) groups is 1. The minimum Gasteiger partial charge on any atom is -0.379 e. The Bertz CT molecular complexity index is 372. The van der Waals surface area contributed by atoms with Crippen LogP contribution in [0, 0.1) is 0 Å². The Balaban J connectivity index is 1.89. The van der Waals surface area contributed by atoms with Crippen molar-refractivity contribution < 1.29 is 14.3 Å². The first-order valence-electron chi connectivity index (χ1n) is 5.76. The van der Waals surface area contributed by atoms with Gasteiger partial charge in [0.2, 0.25) is 0 Å². The maximum atomic E-state index is 11.9. The predicted molar refractivity (Wildman–Crippen MR) is 66.3 cm³/mol. The third-order valence-corrected chi connectivity index (χ3v) is 3.73. The molecular weight excluding hydrogens is 238 g/mol. The summed E-state index contributed by atoms with van der Waals surface area (Å²) >= 11 is 1.48. The van der Waals surface area contributed by atoms with Crippen molar-refractivity contribution >= 4 is 17.2 Å². The van der Waals surface area contributed by atoms with Gasteiger partial charge in [-0.05, 0) is 25.0 Å². The van der Waals surface area contributed by atoms with Crippen molar-refractivity contribution in [1.29, 1.82) is 0 Å². The summed E-state index contributed by atoms with van der Waals surface area (Å²) in [5.74, 6) is -0.00662. The van der Waals surface area contributed by atoms with Gasteiger partial charge in [-0.3, -0.25) is 4.79 Å². The number of hydrogen-bond donors (Lipinski definition) is 1. The minimum absolute atomic E-state index is 0.00662. The molecule has 2 heterocycles. The van der Waals surface area contributed by atoms with E-state index in [9.17, 15) is 4.79 Å². The van der Waals surface area contributed by atoms with Crippen LogP contribution in [0.5, 0.6) is 0 Å². The highest BCUT2D eigenvalue weighted by atomic mass is 32.1. The highest BCUT2D eigenvalue weighted by molar-refractivity contribution is 7.14. The smallest absolute Gasteiger partial charge is 0.261 e. The lowest BCUT2D eigenvalue weighted by molar-refractivity contribution is 0.0626. The number of nitrogens with one attached hydrogen (secondary N) is 1. The van der Waals surface area contributed by atoms with Gasteiger partial charge >= 0.3 is 0 Å². The van der Waals surface area contributed by atoms with Crippen LogP contribution in [0.2, 0.25) is 0 Å². The van der Waals surface area contributed by atoms with Gasteiger partial charge in [-0.15, -0.1) is 11.3 Å². The van der Waals surface area contributed by atoms with Crippen molar-refractivity contribution in [3.05, 3.63) is 21.9 Å². The van der Waals surface area contributed by atoms with Gasteiger partial charge in [-0.25, -0.2) is 0 Å². The summed E-state index contributed by atoms with van der Waals surface area (Å²) in [6.07, 6.45) is 2.02. The van der Waals surface area contributed by atoms with Crippen LogP contribution in [0.4, 0.5) is 0 Å². The van der Waals surface area contributed by atoms with Crippen molar-refractivity contribution in [2.45, 2.75) is 25.5 Å². The second kappa shape index (κ2) is 6.14. The number of rotatable bonds is 4. The van der Waals surface area contributed by atoms with Crippen LogP contribution in [0.15, 0.2) is 12.1 Å². The number of ether oxygens (including phenoxy) is 2. The predicted octanol–water partition coefficient (Wildman–Crippen LogP) is 1.80. The van der Waals surface area contributed by atoms with E-state index in [1.54, 1.807) is 7.11 Å². The van der Waals surface area contributed by atoms with Crippen LogP contribution in [0.3, 0.4) is 0 Å². The molecule has 17 heavy (non-hydrogen) atoms. The van der Waals surface area contributed by atoms with Crippen molar-refractivity contribution in [3.8, 4) is 0 Å². The number of methoxy groups -OCH3 is 1. The van der Waals surface area contributed by atoms with Crippen LogP contribution >= 0.6 is 11.3 Å². The van der Waals surface area contributed by atoms with Gasteiger partial charge in [-0.1, -0.05) is 0 Å². The Kier molecular flexibility index (Phi) is 4.53. The zero-order chi connectivity index (χ0) is 12.1. The fraction of sp³-hybridized carbons (Fsp3) is 0.583. The lowest BCUT2D eigenvalue weighted by Crippen LogP contribution is -2.40. The van der Waals surface area contributed by atoms with E-state index in [0.29, 0.717) is 13.2 Å². The fourth-order valence-electron chi connectivity index (χ4n) is 1.83. The molecule has 1 aliphatic rings. The fourth-order valence-corrected chi connectivity index (χ4v) is 2.71. The SMILES string of the molecule is COCc1ccc(C(=O)N[C@H]2CCCOC2)s1. The average molecular weight is 255 g/mol. The Labute approximate surface area is 105 Å². The molecule has 0 spiro atoms. The summed E-state index contributed by atoms with van der Waals surface area (Å²) < 4.78 is 10.4. The van der Waals surface area contributed by atoms with Crippen LogP contribution in [0.25, 0.3) is 0 Å². The molecule has 0 aliphatic carbocycles. The highest BCUT2D eigenvalue weighted by Crippen LogP contribution is 2.17. The van der Waals surface area contributed by atoms with E-state index in [1.165, 1.54) is 11.3 Å². The Morgan fingerprint density at radius 2 is 2.53 bits per heavy atom. The first kappa shape index (κ1) is 12.5. The molecule has 1 N–H and O–H groups in total. The number of amides is 1. The van der Waals surface area contributed by atoms with Gasteiger partial charge in [0.15, 0.2) is 0 Å². The van der Waals surface area contributed by atoms with E-state index in [2.05, 4.69) is 5.32 Å². The molecule has 1 fully saturated rings. The zero-order valence-electron chi connectivity index (χ0n) is 9.90. The van der Waals surface area contributed by atoms with Gasteiger partial charge in [-0.2, -0.15) is 0 Å². The largest absolute Gasteiger partial charge is 0.379 e. The van der Waals surface area contributed by atoms with Crippen LogP contribution in [0.1, 0.15) is 27.4 Å². The van der Waals surface area contributed by atoms with Crippen molar-refractivity contribution in [2.75, 3.05) is 20.3 Å². The number of carbonyl (C=O) groups excluding carboxylic acids is 1. The molecule has 1 aromatic heterocycles. The molecule has 0 aromatic carbocycles. The average Bonchev–Trinajstić information content (AvgIpc) is 2.79. The number of hydrogen-bond acceptors (Lipinski definition) is 4. The molecule has 4 nitrogen and oxygen atoms in total.